The average Bonchev–Trinajstić information content (AvgIpc) is 3.04. The summed E-state index contributed by atoms with van der Waals surface area (Å²) in [5.74, 6) is 1.99. The van der Waals surface area contributed by atoms with Crippen molar-refractivity contribution < 1.29 is 14.0 Å². The molecule has 0 bridgehead atoms. The summed E-state index contributed by atoms with van der Waals surface area (Å²) in [5, 5.41) is 3.91. The number of nitrogens with zero attached hydrogens (tertiary/aromatic N) is 3. The second kappa shape index (κ2) is 7.04. The van der Waals surface area contributed by atoms with Crippen molar-refractivity contribution in [2.45, 2.75) is 13.0 Å². The van der Waals surface area contributed by atoms with Crippen molar-refractivity contribution in [3.63, 3.8) is 0 Å². The minimum atomic E-state index is -0.535. The highest BCUT2D eigenvalue weighted by Gasteiger charge is 2.11. The molecule has 0 saturated carbocycles. The molecule has 0 atom stereocenters. The van der Waals surface area contributed by atoms with Crippen molar-refractivity contribution >= 4 is 0 Å². The zero-order valence-corrected chi connectivity index (χ0v) is 13.7. The summed E-state index contributed by atoms with van der Waals surface area (Å²) in [6, 6.07) is 6.77. The summed E-state index contributed by atoms with van der Waals surface area (Å²) in [7, 11) is 3.14. The lowest BCUT2D eigenvalue weighted by Gasteiger charge is -2.08. The van der Waals surface area contributed by atoms with Crippen LogP contribution in [0.2, 0.25) is 0 Å². The molecule has 0 aliphatic rings. The van der Waals surface area contributed by atoms with Gasteiger partial charge in [-0.1, -0.05) is 11.2 Å². The van der Waals surface area contributed by atoms with Crippen LogP contribution in [0.15, 0.2) is 44.6 Å². The summed E-state index contributed by atoms with van der Waals surface area (Å²) in [6.45, 7) is 0.0779. The first-order valence-corrected chi connectivity index (χ1v) is 7.41. The molecule has 0 spiro atoms. The topological polar surface area (TPSA) is 112 Å². The fraction of sp³-hybridized carbons (Fsp3) is 0.250. The molecule has 3 rings (SSSR count). The fourth-order valence-corrected chi connectivity index (χ4v) is 2.31. The molecule has 25 heavy (non-hydrogen) atoms. The highest BCUT2D eigenvalue weighted by molar-refractivity contribution is 5.43. The van der Waals surface area contributed by atoms with Gasteiger partial charge >= 0.3 is 5.69 Å². The molecule has 0 fully saturated rings. The molecular formula is C16H16N4O5. The maximum atomic E-state index is 11.7. The lowest BCUT2D eigenvalue weighted by molar-refractivity contribution is 0.354. The van der Waals surface area contributed by atoms with Crippen LogP contribution >= 0.6 is 0 Å². The second-order valence-corrected chi connectivity index (χ2v) is 5.21. The number of ether oxygens (including phenoxy) is 2. The number of H-pyrrole nitrogens is 1. The molecule has 2 heterocycles. The first-order valence-electron chi connectivity index (χ1n) is 7.41. The van der Waals surface area contributed by atoms with E-state index in [1.807, 2.05) is 12.1 Å². The number of rotatable bonds is 6. The normalized spacial score (nSPS) is 10.6. The molecular weight excluding hydrogens is 328 g/mol. The predicted octanol–water partition coefficient (Wildman–Crippen LogP) is 0.576. The van der Waals surface area contributed by atoms with Crippen LogP contribution in [0.5, 0.6) is 11.5 Å². The van der Waals surface area contributed by atoms with E-state index in [1.54, 1.807) is 20.3 Å². The Morgan fingerprint density at radius 2 is 1.96 bits per heavy atom. The average molecular weight is 344 g/mol. The van der Waals surface area contributed by atoms with Crippen LogP contribution in [0.1, 0.15) is 17.3 Å². The van der Waals surface area contributed by atoms with Crippen LogP contribution in [-0.4, -0.2) is 33.9 Å². The monoisotopic (exact) mass is 344 g/mol. The first kappa shape index (κ1) is 16.5. The number of aromatic amines is 1. The van der Waals surface area contributed by atoms with E-state index in [0.29, 0.717) is 23.7 Å². The van der Waals surface area contributed by atoms with Gasteiger partial charge in [-0.15, -0.1) is 0 Å². The molecule has 0 aliphatic heterocycles. The van der Waals surface area contributed by atoms with Crippen LogP contribution in [0.3, 0.4) is 0 Å². The third-order valence-electron chi connectivity index (χ3n) is 3.52. The van der Waals surface area contributed by atoms with E-state index >= 15 is 0 Å². The number of nitrogens with one attached hydrogen (secondary N) is 1. The van der Waals surface area contributed by atoms with Gasteiger partial charge in [-0.05, 0) is 17.7 Å². The van der Waals surface area contributed by atoms with Crippen LogP contribution < -0.4 is 20.7 Å². The van der Waals surface area contributed by atoms with E-state index in [-0.39, 0.29) is 12.4 Å². The number of hydrogen-bond acceptors (Lipinski definition) is 7. The van der Waals surface area contributed by atoms with Crippen molar-refractivity contribution in [1.82, 2.24) is 19.7 Å². The Bertz CT molecular complexity index is 988. The van der Waals surface area contributed by atoms with E-state index in [0.717, 1.165) is 5.56 Å². The van der Waals surface area contributed by atoms with Gasteiger partial charge in [0.05, 0.1) is 14.2 Å². The van der Waals surface area contributed by atoms with Crippen LogP contribution in [0.25, 0.3) is 0 Å². The molecule has 0 saturated heterocycles. The summed E-state index contributed by atoms with van der Waals surface area (Å²) in [6.07, 6.45) is 1.81. The molecule has 0 aliphatic carbocycles. The second-order valence-electron chi connectivity index (χ2n) is 5.21. The highest BCUT2D eigenvalue weighted by Crippen LogP contribution is 2.28. The van der Waals surface area contributed by atoms with Gasteiger partial charge in [-0.2, -0.15) is 4.98 Å². The van der Waals surface area contributed by atoms with E-state index in [9.17, 15) is 9.59 Å². The number of hydrogen-bond donors (Lipinski definition) is 1. The summed E-state index contributed by atoms with van der Waals surface area (Å²) < 4.78 is 16.9. The van der Waals surface area contributed by atoms with Gasteiger partial charge in [0, 0.05) is 18.7 Å². The lowest BCUT2D eigenvalue weighted by Crippen LogP contribution is -2.28. The molecule has 0 unspecified atom stereocenters. The Labute approximate surface area is 141 Å². The van der Waals surface area contributed by atoms with Gasteiger partial charge in [0.2, 0.25) is 5.89 Å². The van der Waals surface area contributed by atoms with Crippen molar-refractivity contribution in [3.05, 3.63) is 68.6 Å². The highest BCUT2D eigenvalue weighted by atomic mass is 16.5. The maximum absolute atomic E-state index is 11.7. The molecule has 0 amide bonds. The molecule has 2 aromatic heterocycles. The number of methoxy groups -OCH3 is 2. The SMILES string of the molecule is COc1ccc(Cc2noc(Cn3ccc(=O)[nH]c3=O)n2)cc1OC. The van der Waals surface area contributed by atoms with E-state index in [1.165, 1.54) is 16.8 Å². The molecule has 9 nitrogen and oxygen atoms in total. The third kappa shape index (κ3) is 3.77. The zero-order valence-electron chi connectivity index (χ0n) is 13.7. The molecule has 3 aromatic rings. The maximum Gasteiger partial charge on any atom is 0.328 e. The van der Waals surface area contributed by atoms with Gasteiger partial charge in [-0.3, -0.25) is 14.3 Å². The minimum Gasteiger partial charge on any atom is -0.493 e. The van der Waals surface area contributed by atoms with Crippen molar-refractivity contribution in [1.29, 1.82) is 0 Å². The van der Waals surface area contributed by atoms with E-state index in [2.05, 4.69) is 15.1 Å². The standard InChI is InChI=1S/C16H16N4O5/c1-23-11-4-3-10(7-12(11)24-2)8-13-17-15(25-19-13)9-20-6-5-14(21)18-16(20)22/h3-7H,8-9H2,1-2H3,(H,18,21,22). The molecule has 130 valence electrons. The number of benzene rings is 1. The fourth-order valence-electron chi connectivity index (χ4n) is 2.31. The summed E-state index contributed by atoms with van der Waals surface area (Å²) >= 11 is 0. The van der Waals surface area contributed by atoms with Gasteiger partial charge in [0.15, 0.2) is 17.3 Å². The smallest absolute Gasteiger partial charge is 0.328 e. The molecule has 0 radical (unpaired) electrons. The predicted molar refractivity (Wildman–Crippen MR) is 87.1 cm³/mol. The first-order chi connectivity index (χ1) is 12.1. The van der Waals surface area contributed by atoms with E-state index < -0.39 is 11.2 Å². The van der Waals surface area contributed by atoms with Crippen LogP contribution in [0.4, 0.5) is 0 Å². The van der Waals surface area contributed by atoms with E-state index in [4.69, 9.17) is 14.0 Å². The number of aromatic nitrogens is 4. The Hall–Kier alpha value is -3.36. The summed E-state index contributed by atoms with van der Waals surface area (Å²) in [4.78, 5) is 29.2. The van der Waals surface area contributed by atoms with Crippen molar-refractivity contribution in [2.24, 2.45) is 0 Å². The van der Waals surface area contributed by atoms with Gasteiger partial charge in [0.25, 0.3) is 5.56 Å². The minimum absolute atomic E-state index is 0.0779. The van der Waals surface area contributed by atoms with Crippen molar-refractivity contribution in [3.8, 4) is 11.5 Å². The Balaban J connectivity index is 1.75. The third-order valence-corrected chi connectivity index (χ3v) is 3.52. The molecule has 9 heteroatoms. The summed E-state index contributed by atoms with van der Waals surface area (Å²) in [5.41, 5.74) is -0.0701. The van der Waals surface area contributed by atoms with Crippen LogP contribution in [-0.2, 0) is 13.0 Å². The zero-order chi connectivity index (χ0) is 17.8. The van der Waals surface area contributed by atoms with Gasteiger partial charge in [-0.25, -0.2) is 4.79 Å². The Morgan fingerprint density at radius 1 is 1.16 bits per heavy atom. The lowest BCUT2D eigenvalue weighted by atomic mass is 10.1. The molecule has 1 N–H and O–H groups in total. The van der Waals surface area contributed by atoms with Gasteiger partial charge in [0.1, 0.15) is 6.54 Å². The van der Waals surface area contributed by atoms with Gasteiger partial charge < -0.3 is 14.0 Å². The quantitative estimate of drug-likeness (QED) is 0.696. The Morgan fingerprint density at radius 3 is 2.68 bits per heavy atom. The Kier molecular flexibility index (Phi) is 4.64. The largest absolute Gasteiger partial charge is 0.493 e. The van der Waals surface area contributed by atoms with Crippen LogP contribution in [0, 0.1) is 0 Å². The van der Waals surface area contributed by atoms with Crippen molar-refractivity contribution in [2.75, 3.05) is 14.2 Å². The molecule has 1 aromatic carbocycles.